The van der Waals surface area contributed by atoms with Gasteiger partial charge in [-0.15, -0.1) is 0 Å². The number of nitrogen functional groups attached to an aromatic ring is 1. The highest BCUT2D eigenvalue weighted by Gasteiger charge is 2.12. The van der Waals surface area contributed by atoms with Crippen LogP contribution in [0.15, 0.2) is 30.6 Å². The summed E-state index contributed by atoms with van der Waals surface area (Å²) in [4.78, 5) is 4.14. The van der Waals surface area contributed by atoms with Crippen molar-refractivity contribution in [3.05, 3.63) is 42.0 Å². The molecule has 5 nitrogen and oxygen atoms in total. The molecule has 0 amide bonds. The van der Waals surface area contributed by atoms with Crippen molar-refractivity contribution in [3.63, 3.8) is 0 Å². The molecule has 1 aromatic carbocycles. The molecule has 0 radical (unpaired) electrons. The van der Waals surface area contributed by atoms with E-state index in [1.165, 1.54) is 6.33 Å². The van der Waals surface area contributed by atoms with E-state index < -0.39 is 6.10 Å². The van der Waals surface area contributed by atoms with Crippen molar-refractivity contribution in [2.24, 2.45) is 0 Å². The molecule has 1 atom stereocenters. The van der Waals surface area contributed by atoms with E-state index in [0.29, 0.717) is 12.1 Å². The van der Waals surface area contributed by atoms with Crippen LogP contribution in [0.2, 0.25) is 0 Å². The van der Waals surface area contributed by atoms with Gasteiger partial charge in [0, 0.05) is 18.7 Å². The maximum Gasteiger partial charge on any atom is 0.138 e. The number of hydrogen-bond acceptors (Lipinski definition) is 4. The average molecular weight is 232 g/mol. The van der Waals surface area contributed by atoms with E-state index in [1.54, 1.807) is 16.8 Å². The molecule has 0 bridgehead atoms. The predicted octanol–water partition coefficient (Wildman–Crippen LogP) is 1.16. The van der Waals surface area contributed by atoms with Gasteiger partial charge in [-0.2, -0.15) is 5.10 Å². The summed E-state index contributed by atoms with van der Waals surface area (Å²) in [5.41, 5.74) is 7.13. The fourth-order valence-corrected chi connectivity index (χ4v) is 1.72. The van der Waals surface area contributed by atoms with E-state index in [4.69, 9.17) is 5.73 Å². The van der Waals surface area contributed by atoms with Crippen LogP contribution in [0.3, 0.4) is 0 Å². The second kappa shape index (κ2) is 4.97. The zero-order valence-corrected chi connectivity index (χ0v) is 9.74. The summed E-state index contributed by atoms with van der Waals surface area (Å²) in [5.74, 6) is 0.789. The molecule has 17 heavy (non-hydrogen) atoms. The third kappa shape index (κ3) is 2.62. The maximum absolute atomic E-state index is 10.1. The first-order chi connectivity index (χ1) is 8.20. The van der Waals surface area contributed by atoms with Gasteiger partial charge in [-0.05, 0) is 24.6 Å². The van der Waals surface area contributed by atoms with Crippen LogP contribution in [-0.4, -0.2) is 19.9 Å². The van der Waals surface area contributed by atoms with E-state index in [0.717, 1.165) is 17.9 Å². The Morgan fingerprint density at radius 3 is 2.71 bits per heavy atom. The minimum absolute atomic E-state index is 0.456. The fraction of sp³-hybridized carbons (Fsp3) is 0.333. The largest absolute Gasteiger partial charge is 0.399 e. The van der Waals surface area contributed by atoms with Gasteiger partial charge < -0.3 is 10.8 Å². The Balaban J connectivity index is 2.11. The summed E-state index contributed by atoms with van der Waals surface area (Å²) in [5, 5.41) is 14.2. The first-order valence-electron chi connectivity index (χ1n) is 5.61. The molecular formula is C12H16N4O. The third-order valence-corrected chi connectivity index (χ3v) is 2.69. The van der Waals surface area contributed by atoms with Gasteiger partial charge in [0.05, 0.1) is 6.10 Å². The number of aromatic nitrogens is 3. The van der Waals surface area contributed by atoms with Crippen LogP contribution in [0.4, 0.5) is 5.69 Å². The Morgan fingerprint density at radius 1 is 1.35 bits per heavy atom. The lowest BCUT2D eigenvalue weighted by Crippen LogP contribution is -2.09. The standard InChI is InChI=1S/C12H16N4O/c1-2-16-12(14-8-15-16)7-11(17)9-3-5-10(13)6-4-9/h3-6,8,11,17H,2,7,13H2,1H3. The number of aliphatic hydroxyl groups excluding tert-OH is 1. The van der Waals surface area contributed by atoms with Crippen LogP contribution >= 0.6 is 0 Å². The van der Waals surface area contributed by atoms with E-state index in [-0.39, 0.29) is 0 Å². The fourth-order valence-electron chi connectivity index (χ4n) is 1.72. The highest BCUT2D eigenvalue weighted by molar-refractivity contribution is 5.39. The highest BCUT2D eigenvalue weighted by atomic mass is 16.3. The number of anilines is 1. The summed E-state index contributed by atoms with van der Waals surface area (Å²) in [6.45, 7) is 2.75. The normalized spacial score (nSPS) is 12.6. The Hall–Kier alpha value is -1.88. The predicted molar refractivity (Wildman–Crippen MR) is 65.2 cm³/mol. The molecular weight excluding hydrogens is 216 g/mol. The number of nitrogens with zero attached hydrogens (tertiary/aromatic N) is 3. The molecule has 0 saturated heterocycles. The van der Waals surface area contributed by atoms with Gasteiger partial charge in [0.25, 0.3) is 0 Å². The van der Waals surface area contributed by atoms with E-state index in [2.05, 4.69) is 10.1 Å². The van der Waals surface area contributed by atoms with Gasteiger partial charge in [0.1, 0.15) is 12.2 Å². The van der Waals surface area contributed by atoms with Crippen LogP contribution in [0.5, 0.6) is 0 Å². The lowest BCUT2D eigenvalue weighted by Gasteiger charge is -2.11. The maximum atomic E-state index is 10.1. The molecule has 2 aromatic rings. The third-order valence-electron chi connectivity index (χ3n) is 2.69. The monoisotopic (exact) mass is 232 g/mol. The zero-order chi connectivity index (χ0) is 12.3. The van der Waals surface area contributed by atoms with Crippen molar-refractivity contribution in [2.75, 3.05) is 5.73 Å². The molecule has 3 N–H and O–H groups in total. The molecule has 0 fully saturated rings. The molecule has 1 aromatic heterocycles. The van der Waals surface area contributed by atoms with E-state index >= 15 is 0 Å². The first kappa shape index (κ1) is 11.6. The summed E-state index contributed by atoms with van der Waals surface area (Å²) < 4.78 is 1.78. The van der Waals surface area contributed by atoms with Gasteiger partial charge in [-0.1, -0.05) is 12.1 Å². The van der Waals surface area contributed by atoms with Crippen molar-refractivity contribution in [1.29, 1.82) is 0 Å². The van der Waals surface area contributed by atoms with E-state index in [1.807, 2.05) is 19.1 Å². The molecule has 90 valence electrons. The highest BCUT2D eigenvalue weighted by Crippen LogP contribution is 2.18. The molecule has 2 rings (SSSR count). The molecule has 0 saturated carbocycles. The van der Waals surface area contributed by atoms with E-state index in [9.17, 15) is 5.11 Å². The smallest absolute Gasteiger partial charge is 0.138 e. The average Bonchev–Trinajstić information content (AvgIpc) is 2.77. The molecule has 5 heteroatoms. The Kier molecular flexibility index (Phi) is 3.39. The van der Waals surface area contributed by atoms with Gasteiger partial charge in [0.2, 0.25) is 0 Å². The summed E-state index contributed by atoms with van der Waals surface area (Å²) in [6, 6.07) is 7.21. The molecule has 0 aliphatic carbocycles. The Morgan fingerprint density at radius 2 is 2.06 bits per heavy atom. The van der Waals surface area contributed by atoms with Crippen molar-refractivity contribution in [1.82, 2.24) is 14.8 Å². The second-order valence-electron chi connectivity index (χ2n) is 3.88. The Labute approximate surface area is 99.9 Å². The number of hydrogen-bond donors (Lipinski definition) is 2. The summed E-state index contributed by atoms with van der Waals surface area (Å²) in [6.07, 6.45) is 1.39. The molecule has 1 heterocycles. The number of aliphatic hydroxyl groups is 1. The molecule has 0 spiro atoms. The quantitative estimate of drug-likeness (QED) is 0.775. The van der Waals surface area contributed by atoms with Gasteiger partial charge in [-0.25, -0.2) is 4.98 Å². The van der Waals surface area contributed by atoms with Gasteiger partial charge >= 0.3 is 0 Å². The van der Waals surface area contributed by atoms with Crippen LogP contribution in [0.25, 0.3) is 0 Å². The Bertz CT molecular complexity index is 478. The molecule has 0 aliphatic heterocycles. The second-order valence-corrected chi connectivity index (χ2v) is 3.88. The zero-order valence-electron chi connectivity index (χ0n) is 9.74. The van der Waals surface area contributed by atoms with Crippen LogP contribution in [0.1, 0.15) is 24.4 Å². The molecule has 1 unspecified atom stereocenters. The SMILES string of the molecule is CCn1ncnc1CC(O)c1ccc(N)cc1. The van der Waals surface area contributed by atoms with Crippen molar-refractivity contribution in [3.8, 4) is 0 Å². The van der Waals surface area contributed by atoms with Gasteiger partial charge in [0.15, 0.2) is 0 Å². The van der Waals surface area contributed by atoms with Gasteiger partial charge in [-0.3, -0.25) is 4.68 Å². The topological polar surface area (TPSA) is 77.0 Å². The lowest BCUT2D eigenvalue weighted by molar-refractivity contribution is 0.174. The van der Waals surface area contributed by atoms with Crippen LogP contribution in [0, 0.1) is 0 Å². The van der Waals surface area contributed by atoms with Crippen LogP contribution < -0.4 is 5.73 Å². The number of aryl methyl sites for hydroxylation is 1. The lowest BCUT2D eigenvalue weighted by atomic mass is 10.1. The summed E-state index contributed by atoms with van der Waals surface area (Å²) >= 11 is 0. The molecule has 0 aliphatic rings. The number of benzene rings is 1. The first-order valence-corrected chi connectivity index (χ1v) is 5.61. The number of nitrogens with two attached hydrogens (primary N) is 1. The minimum atomic E-state index is -0.579. The van der Waals surface area contributed by atoms with Crippen molar-refractivity contribution >= 4 is 5.69 Å². The van der Waals surface area contributed by atoms with Crippen molar-refractivity contribution in [2.45, 2.75) is 26.0 Å². The number of rotatable bonds is 4. The van der Waals surface area contributed by atoms with Crippen LogP contribution in [-0.2, 0) is 13.0 Å². The summed E-state index contributed by atoms with van der Waals surface area (Å²) in [7, 11) is 0. The minimum Gasteiger partial charge on any atom is -0.399 e. The van der Waals surface area contributed by atoms with Crippen molar-refractivity contribution < 1.29 is 5.11 Å².